The number of nitrogens with zero attached hydrogens (tertiary/aromatic N) is 4. The number of piperidine rings is 1. The number of hydrogen-bond acceptors (Lipinski definition) is 8. The van der Waals surface area contributed by atoms with Crippen LogP contribution in [-0.2, 0) is 14.8 Å². The zero-order valence-electron chi connectivity index (χ0n) is 20.6. The highest BCUT2D eigenvalue weighted by Crippen LogP contribution is 2.30. The van der Waals surface area contributed by atoms with E-state index in [9.17, 15) is 13.5 Å². The van der Waals surface area contributed by atoms with Crippen LogP contribution in [0, 0.1) is 5.41 Å². The molecule has 196 valence electrons. The van der Waals surface area contributed by atoms with Gasteiger partial charge in [-0.3, -0.25) is 10.3 Å². The average molecular weight is 517 g/mol. The summed E-state index contributed by atoms with van der Waals surface area (Å²) in [5, 5.41) is 24.8. The number of benzene rings is 1. The minimum absolute atomic E-state index is 0.0494. The molecule has 2 saturated heterocycles. The first-order valence-corrected chi connectivity index (χ1v) is 14.3. The normalized spacial score (nSPS) is 28.6. The first-order valence-electron chi connectivity index (χ1n) is 12.9. The van der Waals surface area contributed by atoms with E-state index in [2.05, 4.69) is 4.90 Å². The number of nitrogens with two attached hydrogens (primary N) is 1. The fraction of sp³-hybridized carbons (Fsp3) is 0.600. The van der Waals surface area contributed by atoms with Crippen LogP contribution in [0.15, 0.2) is 46.0 Å². The number of rotatable bonds is 5. The zero-order chi connectivity index (χ0) is 25.3. The standard InChI is InChI=1S/C25H36N6O4S/c26-17-23-24(28-31(25(23)27)20-3-5-21(32)6-4-20)18-1-7-22(8-2-18)36(33,34)30-11-9-19(10-12-30)29-13-15-35-16-14-29/h1-2,7-8,17,19-21,27,32H,3-6,9-16,26H2/b23-17-,27-25?. The Morgan fingerprint density at radius 2 is 1.61 bits per heavy atom. The van der Waals surface area contributed by atoms with Gasteiger partial charge in [0.25, 0.3) is 0 Å². The van der Waals surface area contributed by atoms with E-state index in [-0.39, 0.29) is 22.9 Å². The van der Waals surface area contributed by atoms with Crippen molar-refractivity contribution in [3.8, 4) is 0 Å². The number of hydrogen-bond donors (Lipinski definition) is 3. The summed E-state index contributed by atoms with van der Waals surface area (Å²) in [7, 11) is -3.58. The summed E-state index contributed by atoms with van der Waals surface area (Å²) in [5.74, 6) is 0.244. The van der Waals surface area contributed by atoms with Crippen LogP contribution in [-0.4, -0.2) is 96.9 Å². The molecular formula is C25H36N6O4S. The fourth-order valence-corrected chi connectivity index (χ4v) is 7.18. The number of amidine groups is 1. The number of sulfonamides is 1. The van der Waals surface area contributed by atoms with Gasteiger partial charge in [0.1, 0.15) is 5.71 Å². The molecule has 4 aliphatic rings. The second kappa shape index (κ2) is 10.6. The van der Waals surface area contributed by atoms with Crippen LogP contribution in [0.2, 0.25) is 0 Å². The van der Waals surface area contributed by atoms with Crippen molar-refractivity contribution < 1.29 is 18.3 Å². The van der Waals surface area contributed by atoms with Crippen molar-refractivity contribution >= 4 is 21.6 Å². The van der Waals surface area contributed by atoms with Gasteiger partial charge >= 0.3 is 0 Å². The molecule has 5 rings (SSSR count). The second-order valence-electron chi connectivity index (χ2n) is 9.99. The first kappa shape index (κ1) is 25.3. The molecule has 3 aliphatic heterocycles. The van der Waals surface area contributed by atoms with Crippen molar-refractivity contribution in [2.45, 2.75) is 61.6 Å². The van der Waals surface area contributed by atoms with Crippen molar-refractivity contribution in [2.75, 3.05) is 39.4 Å². The number of hydrazone groups is 1. The van der Waals surface area contributed by atoms with Gasteiger partial charge in [-0.2, -0.15) is 9.41 Å². The molecule has 0 aromatic heterocycles. The average Bonchev–Trinajstić information content (AvgIpc) is 3.25. The molecule has 10 nitrogen and oxygen atoms in total. The maximum atomic E-state index is 13.3. The molecule has 0 unspecified atom stereocenters. The van der Waals surface area contributed by atoms with Crippen LogP contribution in [0.25, 0.3) is 0 Å². The number of nitrogens with one attached hydrogen (secondary N) is 1. The van der Waals surface area contributed by atoms with Gasteiger partial charge < -0.3 is 15.6 Å². The predicted molar refractivity (Wildman–Crippen MR) is 137 cm³/mol. The molecule has 1 aromatic carbocycles. The lowest BCUT2D eigenvalue weighted by Gasteiger charge is -2.39. The Morgan fingerprint density at radius 1 is 0.972 bits per heavy atom. The Bertz CT molecular complexity index is 1110. The van der Waals surface area contributed by atoms with Crippen molar-refractivity contribution in [1.82, 2.24) is 14.2 Å². The Labute approximate surface area is 212 Å². The van der Waals surface area contributed by atoms with E-state index in [1.807, 2.05) is 0 Å². The lowest BCUT2D eigenvalue weighted by Crippen LogP contribution is -2.50. The summed E-state index contributed by atoms with van der Waals surface area (Å²) < 4.78 is 33.7. The summed E-state index contributed by atoms with van der Waals surface area (Å²) in [5.41, 5.74) is 7.69. The summed E-state index contributed by atoms with van der Waals surface area (Å²) in [4.78, 5) is 2.69. The van der Waals surface area contributed by atoms with E-state index in [4.69, 9.17) is 21.0 Å². The highest BCUT2D eigenvalue weighted by Gasteiger charge is 2.35. The van der Waals surface area contributed by atoms with E-state index >= 15 is 0 Å². The van der Waals surface area contributed by atoms with Crippen LogP contribution in [0.5, 0.6) is 0 Å². The van der Waals surface area contributed by atoms with Gasteiger partial charge in [0.15, 0.2) is 5.84 Å². The van der Waals surface area contributed by atoms with Gasteiger partial charge in [-0.05, 0) is 50.7 Å². The smallest absolute Gasteiger partial charge is 0.243 e. The van der Waals surface area contributed by atoms with Gasteiger partial charge in [-0.1, -0.05) is 12.1 Å². The Balaban J connectivity index is 1.28. The van der Waals surface area contributed by atoms with E-state index in [0.717, 1.165) is 57.6 Å². The van der Waals surface area contributed by atoms with Gasteiger partial charge in [0, 0.05) is 44.0 Å². The van der Waals surface area contributed by atoms with E-state index < -0.39 is 10.0 Å². The maximum Gasteiger partial charge on any atom is 0.243 e. The Kier molecular flexibility index (Phi) is 7.45. The molecule has 3 fully saturated rings. The summed E-state index contributed by atoms with van der Waals surface area (Å²) >= 11 is 0. The molecular weight excluding hydrogens is 480 g/mol. The van der Waals surface area contributed by atoms with Crippen molar-refractivity contribution in [2.24, 2.45) is 10.8 Å². The molecule has 0 bridgehead atoms. The zero-order valence-corrected chi connectivity index (χ0v) is 21.4. The molecule has 1 aromatic rings. The highest BCUT2D eigenvalue weighted by molar-refractivity contribution is 7.89. The third-order valence-electron chi connectivity index (χ3n) is 7.88. The number of morpholine rings is 1. The largest absolute Gasteiger partial charge is 0.404 e. The number of aliphatic hydroxyl groups is 1. The predicted octanol–water partition coefficient (Wildman–Crippen LogP) is 1.31. The summed E-state index contributed by atoms with van der Waals surface area (Å²) in [6.07, 6.45) is 5.67. The van der Waals surface area contributed by atoms with Gasteiger partial charge in [-0.25, -0.2) is 13.4 Å². The van der Waals surface area contributed by atoms with E-state index in [1.54, 1.807) is 33.6 Å². The molecule has 36 heavy (non-hydrogen) atoms. The topological polar surface area (TPSA) is 136 Å². The monoisotopic (exact) mass is 516 g/mol. The van der Waals surface area contributed by atoms with Crippen LogP contribution in [0.4, 0.5) is 0 Å². The van der Waals surface area contributed by atoms with Gasteiger partial charge in [-0.15, -0.1) is 0 Å². The maximum absolute atomic E-state index is 13.3. The minimum atomic E-state index is -3.58. The fourth-order valence-electron chi connectivity index (χ4n) is 5.71. The Hall–Kier alpha value is -2.31. The van der Waals surface area contributed by atoms with Crippen LogP contribution < -0.4 is 5.73 Å². The molecule has 0 radical (unpaired) electrons. The van der Waals surface area contributed by atoms with Crippen molar-refractivity contribution in [3.05, 3.63) is 41.6 Å². The van der Waals surface area contributed by atoms with Crippen molar-refractivity contribution in [1.29, 1.82) is 5.41 Å². The molecule has 1 aliphatic carbocycles. The van der Waals surface area contributed by atoms with E-state index in [1.165, 1.54) is 6.20 Å². The molecule has 0 spiro atoms. The second-order valence-corrected chi connectivity index (χ2v) is 11.9. The molecule has 3 heterocycles. The lowest BCUT2D eigenvalue weighted by atomic mass is 9.92. The molecule has 4 N–H and O–H groups in total. The minimum Gasteiger partial charge on any atom is -0.404 e. The van der Waals surface area contributed by atoms with Crippen LogP contribution in [0.1, 0.15) is 44.1 Å². The van der Waals surface area contributed by atoms with E-state index in [0.29, 0.717) is 43.3 Å². The third-order valence-corrected chi connectivity index (χ3v) is 9.79. The Morgan fingerprint density at radius 3 is 2.22 bits per heavy atom. The quantitative estimate of drug-likeness (QED) is 0.537. The first-order chi connectivity index (χ1) is 17.4. The molecule has 1 saturated carbocycles. The summed E-state index contributed by atoms with van der Waals surface area (Å²) in [6.45, 7) is 4.36. The van der Waals surface area contributed by atoms with Crippen LogP contribution in [0.3, 0.4) is 0 Å². The molecule has 0 atom stereocenters. The third kappa shape index (κ3) is 4.95. The molecule has 11 heteroatoms. The highest BCUT2D eigenvalue weighted by atomic mass is 32.2. The van der Waals surface area contributed by atoms with Gasteiger partial charge in [0.05, 0.1) is 35.8 Å². The molecule has 0 amide bonds. The summed E-state index contributed by atoms with van der Waals surface area (Å²) in [6, 6.07) is 7.20. The SMILES string of the molecule is N=C1/C(=C\N)C(c2ccc(S(=O)(=O)N3CCC(N4CCOCC4)CC3)cc2)=NN1C1CCC(O)CC1. The number of aliphatic hydroxyl groups excluding tert-OH is 1. The number of ether oxygens (including phenoxy) is 1. The lowest BCUT2D eigenvalue weighted by molar-refractivity contribution is 0.00610. The van der Waals surface area contributed by atoms with Crippen LogP contribution >= 0.6 is 0 Å². The van der Waals surface area contributed by atoms with Crippen molar-refractivity contribution in [3.63, 3.8) is 0 Å². The van der Waals surface area contributed by atoms with Gasteiger partial charge in [0.2, 0.25) is 10.0 Å².